The van der Waals surface area contributed by atoms with Crippen molar-refractivity contribution in [2.24, 2.45) is 0 Å². The highest BCUT2D eigenvalue weighted by molar-refractivity contribution is 5.72. The number of aliphatic hydroxyl groups excluding tert-OH is 1. The third-order valence-corrected chi connectivity index (χ3v) is 2.70. The highest BCUT2D eigenvalue weighted by Gasteiger charge is 2.19. The lowest BCUT2D eigenvalue weighted by molar-refractivity contribution is -0.142. The van der Waals surface area contributed by atoms with Crippen molar-refractivity contribution in [2.75, 3.05) is 13.1 Å². The van der Waals surface area contributed by atoms with Crippen LogP contribution in [0, 0.1) is 6.92 Å². The summed E-state index contributed by atoms with van der Waals surface area (Å²) in [5, 5.41) is 36.7. The molecule has 0 unspecified atom stereocenters. The predicted octanol–water partition coefficient (Wildman–Crippen LogP) is -0.441. The number of carboxylic acid groups (broad SMARTS) is 2. The first kappa shape index (κ1) is 15.9. The first-order valence-electron chi connectivity index (χ1n) is 5.78. The molecular weight excluding hydrogens is 268 g/mol. The SMILES string of the molecule is Cc1ncc(CO)c(CN(CC(=O)O)CC(=O)O)c1O. The molecule has 0 aliphatic carbocycles. The van der Waals surface area contributed by atoms with E-state index in [2.05, 4.69) is 4.98 Å². The first-order valence-corrected chi connectivity index (χ1v) is 5.78. The average Bonchev–Trinajstić information content (AvgIpc) is 2.33. The maximum Gasteiger partial charge on any atom is 0.317 e. The second kappa shape index (κ2) is 6.83. The van der Waals surface area contributed by atoms with E-state index >= 15 is 0 Å². The number of rotatable bonds is 7. The lowest BCUT2D eigenvalue weighted by atomic mass is 10.1. The molecule has 0 spiro atoms. The molecule has 8 heteroatoms. The van der Waals surface area contributed by atoms with E-state index in [1.807, 2.05) is 0 Å². The number of aliphatic hydroxyl groups is 1. The van der Waals surface area contributed by atoms with E-state index in [9.17, 15) is 19.8 Å². The largest absolute Gasteiger partial charge is 0.506 e. The van der Waals surface area contributed by atoms with Gasteiger partial charge in [0.1, 0.15) is 5.75 Å². The fourth-order valence-electron chi connectivity index (χ4n) is 1.77. The third kappa shape index (κ3) is 4.18. The summed E-state index contributed by atoms with van der Waals surface area (Å²) in [6.07, 6.45) is 1.37. The zero-order chi connectivity index (χ0) is 15.3. The molecule has 0 aliphatic rings. The van der Waals surface area contributed by atoms with Crippen LogP contribution in [0.2, 0.25) is 0 Å². The Morgan fingerprint density at radius 1 is 1.25 bits per heavy atom. The van der Waals surface area contributed by atoms with Crippen molar-refractivity contribution in [1.82, 2.24) is 9.88 Å². The molecule has 1 aromatic rings. The second-order valence-electron chi connectivity index (χ2n) is 4.29. The van der Waals surface area contributed by atoms with Crippen LogP contribution >= 0.6 is 0 Å². The molecule has 1 rings (SSSR count). The van der Waals surface area contributed by atoms with Gasteiger partial charge in [0, 0.05) is 23.9 Å². The molecular formula is C12H16N2O6. The molecule has 0 aromatic carbocycles. The molecule has 0 saturated heterocycles. The Morgan fingerprint density at radius 3 is 2.25 bits per heavy atom. The van der Waals surface area contributed by atoms with Gasteiger partial charge in [-0.15, -0.1) is 0 Å². The van der Waals surface area contributed by atoms with Gasteiger partial charge in [0.15, 0.2) is 0 Å². The monoisotopic (exact) mass is 284 g/mol. The molecule has 0 aliphatic heterocycles. The molecule has 4 N–H and O–H groups in total. The van der Waals surface area contributed by atoms with Gasteiger partial charge in [-0.25, -0.2) is 0 Å². The molecule has 0 bridgehead atoms. The summed E-state index contributed by atoms with van der Waals surface area (Å²) in [5.74, 6) is -2.53. The number of pyridine rings is 1. The van der Waals surface area contributed by atoms with E-state index in [1.165, 1.54) is 6.20 Å². The second-order valence-corrected chi connectivity index (χ2v) is 4.29. The van der Waals surface area contributed by atoms with Gasteiger partial charge < -0.3 is 20.4 Å². The molecule has 1 heterocycles. The van der Waals surface area contributed by atoms with E-state index in [-0.39, 0.29) is 24.5 Å². The number of aliphatic carboxylic acids is 2. The van der Waals surface area contributed by atoms with E-state index in [4.69, 9.17) is 10.2 Å². The van der Waals surface area contributed by atoms with Crippen LogP contribution in [-0.2, 0) is 22.7 Å². The minimum Gasteiger partial charge on any atom is -0.506 e. The van der Waals surface area contributed by atoms with Crippen LogP contribution < -0.4 is 0 Å². The summed E-state index contributed by atoms with van der Waals surface area (Å²) in [7, 11) is 0. The molecule has 0 atom stereocenters. The van der Waals surface area contributed by atoms with Crippen LogP contribution in [0.4, 0.5) is 0 Å². The van der Waals surface area contributed by atoms with Crippen LogP contribution in [0.5, 0.6) is 5.75 Å². The highest BCUT2D eigenvalue weighted by atomic mass is 16.4. The van der Waals surface area contributed by atoms with Crippen LogP contribution in [0.3, 0.4) is 0 Å². The van der Waals surface area contributed by atoms with E-state index < -0.39 is 25.0 Å². The molecule has 8 nitrogen and oxygen atoms in total. The molecule has 20 heavy (non-hydrogen) atoms. The van der Waals surface area contributed by atoms with Crippen LogP contribution in [0.25, 0.3) is 0 Å². The molecule has 0 saturated carbocycles. The van der Waals surface area contributed by atoms with Gasteiger partial charge in [-0.1, -0.05) is 0 Å². The van der Waals surface area contributed by atoms with Crippen molar-refractivity contribution >= 4 is 11.9 Å². The topological polar surface area (TPSA) is 131 Å². The molecule has 0 radical (unpaired) electrons. The number of carboxylic acids is 2. The summed E-state index contributed by atoms with van der Waals surface area (Å²) < 4.78 is 0. The number of aromatic nitrogens is 1. The van der Waals surface area contributed by atoms with Gasteiger partial charge in [0.2, 0.25) is 0 Å². The highest BCUT2D eigenvalue weighted by Crippen LogP contribution is 2.25. The Bertz CT molecular complexity index is 501. The maximum atomic E-state index is 10.7. The fraction of sp³-hybridized carbons (Fsp3) is 0.417. The summed E-state index contributed by atoms with van der Waals surface area (Å²) >= 11 is 0. The van der Waals surface area contributed by atoms with Crippen molar-refractivity contribution in [3.63, 3.8) is 0 Å². The van der Waals surface area contributed by atoms with Crippen LogP contribution in [-0.4, -0.2) is 55.3 Å². The molecule has 0 fully saturated rings. The lowest BCUT2D eigenvalue weighted by Gasteiger charge is -2.20. The van der Waals surface area contributed by atoms with Crippen LogP contribution in [0.1, 0.15) is 16.8 Å². The lowest BCUT2D eigenvalue weighted by Crippen LogP contribution is -2.34. The van der Waals surface area contributed by atoms with E-state index in [0.29, 0.717) is 11.3 Å². The van der Waals surface area contributed by atoms with Gasteiger partial charge >= 0.3 is 11.9 Å². The van der Waals surface area contributed by atoms with Crippen LogP contribution in [0.15, 0.2) is 6.20 Å². The number of hydrogen-bond donors (Lipinski definition) is 4. The van der Waals surface area contributed by atoms with Crippen molar-refractivity contribution < 1.29 is 30.0 Å². The van der Waals surface area contributed by atoms with Crippen molar-refractivity contribution in [1.29, 1.82) is 0 Å². The number of aromatic hydroxyl groups is 1. The van der Waals surface area contributed by atoms with Crippen molar-refractivity contribution in [3.8, 4) is 5.75 Å². The third-order valence-electron chi connectivity index (χ3n) is 2.70. The smallest absolute Gasteiger partial charge is 0.317 e. The van der Waals surface area contributed by atoms with Gasteiger partial charge in [-0.2, -0.15) is 0 Å². The molecule has 0 amide bonds. The number of nitrogens with zero attached hydrogens (tertiary/aromatic N) is 2. The molecule has 1 aromatic heterocycles. The van der Waals surface area contributed by atoms with E-state index in [0.717, 1.165) is 4.90 Å². The van der Waals surface area contributed by atoms with Crippen molar-refractivity contribution in [2.45, 2.75) is 20.1 Å². The molecule has 110 valence electrons. The number of aryl methyl sites for hydroxylation is 1. The number of carbonyl (C=O) groups is 2. The van der Waals surface area contributed by atoms with Gasteiger partial charge in [-0.3, -0.25) is 19.5 Å². The quantitative estimate of drug-likeness (QED) is 0.530. The van der Waals surface area contributed by atoms with Gasteiger partial charge in [0.25, 0.3) is 0 Å². The Hall–Kier alpha value is -2.19. The Balaban J connectivity index is 3.05. The summed E-state index contributed by atoms with van der Waals surface area (Å²) in [5.41, 5.74) is 0.930. The normalized spacial score (nSPS) is 10.8. The Labute approximate surface area is 114 Å². The maximum absolute atomic E-state index is 10.7. The summed E-state index contributed by atoms with van der Waals surface area (Å²) in [6.45, 7) is 0.0858. The van der Waals surface area contributed by atoms with Gasteiger partial charge in [0.05, 0.1) is 25.4 Å². The zero-order valence-corrected chi connectivity index (χ0v) is 10.9. The predicted molar refractivity (Wildman–Crippen MR) is 67.1 cm³/mol. The fourth-order valence-corrected chi connectivity index (χ4v) is 1.77. The van der Waals surface area contributed by atoms with E-state index in [1.54, 1.807) is 6.92 Å². The minimum absolute atomic E-state index is 0.107. The Morgan fingerprint density at radius 2 is 1.80 bits per heavy atom. The van der Waals surface area contributed by atoms with Crippen molar-refractivity contribution in [3.05, 3.63) is 23.0 Å². The Kier molecular flexibility index (Phi) is 5.42. The standard InChI is InChI=1S/C12H16N2O6/c1-7-12(20)9(8(6-15)2-13-7)3-14(4-10(16)17)5-11(18)19/h2,15,20H,3-6H2,1H3,(H,16,17)(H,18,19). The summed E-state index contributed by atoms with van der Waals surface area (Å²) in [6, 6.07) is 0. The zero-order valence-electron chi connectivity index (χ0n) is 10.9. The minimum atomic E-state index is -1.18. The number of hydrogen-bond acceptors (Lipinski definition) is 6. The van der Waals surface area contributed by atoms with Gasteiger partial charge in [-0.05, 0) is 6.92 Å². The first-order chi connectivity index (χ1) is 9.35. The average molecular weight is 284 g/mol. The summed E-state index contributed by atoms with van der Waals surface area (Å²) in [4.78, 5) is 26.5.